The van der Waals surface area contributed by atoms with Crippen molar-refractivity contribution in [1.29, 1.82) is 0 Å². The largest absolute Gasteiger partial charge is 0.388 e. The van der Waals surface area contributed by atoms with E-state index >= 15 is 0 Å². The van der Waals surface area contributed by atoms with Gasteiger partial charge in [0.1, 0.15) is 5.82 Å². The highest BCUT2D eigenvalue weighted by atomic mass is 19.1. The first kappa shape index (κ1) is 13.1. The summed E-state index contributed by atoms with van der Waals surface area (Å²) >= 11 is 0. The van der Waals surface area contributed by atoms with Crippen LogP contribution in [0.1, 0.15) is 19.3 Å². The molecule has 0 aromatic heterocycles. The quantitative estimate of drug-likeness (QED) is 0.891. The Kier molecular flexibility index (Phi) is 4.42. The maximum atomic E-state index is 14.1. The molecular weight excluding hydrogens is 231 g/mol. The van der Waals surface area contributed by atoms with Gasteiger partial charge in [0, 0.05) is 26.4 Å². The fourth-order valence-electron chi connectivity index (χ4n) is 2.58. The Hall–Kier alpha value is -1.29. The Morgan fingerprint density at radius 1 is 1.44 bits per heavy atom. The monoisotopic (exact) mass is 252 g/mol. The molecule has 1 fully saturated rings. The van der Waals surface area contributed by atoms with E-state index in [1.807, 2.05) is 12.1 Å². The highest BCUT2D eigenvalue weighted by molar-refractivity contribution is 5.56. The first-order chi connectivity index (χ1) is 8.76. The van der Waals surface area contributed by atoms with Gasteiger partial charge in [-0.05, 0) is 37.5 Å². The minimum atomic E-state index is -0.162. The van der Waals surface area contributed by atoms with E-state index in [9.17, 15) is 4.39 Å². The molecule has 0 radical (unpaired) electrons. The number of halogens is 1. The van der Waals surface area contributed by atoms with Gasteiger partial charge in [-0.2, -0.15) is 0 Å². The first-order valence-corrected chi connectivity index (χ1v) is 6.49. The van der Waals surface area contributed by atoms with Crippen LogP contribution >= 0.6 is 0 Å². The van der Waals surface area contributed by atoms with Gasteiger partial charge in [-0.25, -0.2) is 4.39 Å². The van der Waals surface area contributed by atoms with Gasteiger partial charge in [0.25, 0.3) is 0 Å². The zero-order valence-corrected chi connectivity index (χ0v) is 11.1. The normalized spacial score (nSPS) is 19.9. The van der Waals surface area contributed by atoms with Crippen LogP contribution in [-0.2, 0) is 4.74 Å². The lowest BCUT2D eigenvalue weighted by Gasteiger charge is -2.37. The second kappa shape index (κ2) is 6.05. The third kappa shape index (κ3) is 2.75. The summed E-state index contributed by atoms with van der Waals surface area (Å²) in [6, 6.07) is 5.61. The Labute approximate surface area is 108 Å². The summed E-state index contributed by atoms with van der Waals surface area (Å²) in [5.41, 5.74) is 1.49. The van der Waals surface area contributed by atoms with Crippen LogP contribution in [0.3, 0.4) is 0 Å². The summed E-state index contributed by atoms with van der Waals surface area (Å²) in [5, 5.41) is 2.95. The molecule has 1 aromatic carbocycles. The minimum Gasteiger partial charge on any atom is -0.388 e. The molecule has 100 valence electrons. The van der Waals surface area contributed by atoms with E-state index in [-0.39, 0.29) is 5.82 Å². The number of ether oxygens (including phenoxy) is 1. The molecule has 0 saturated carbocycles. The zero-order chi connectivity index (χ0) is 13.0. The molecular formula is C14H21FN2O. The van der Waals surface area contributed by atoms with E-state index < -0.39 is 0 Å². The van der Waals surface area contributed by atoms with Gasteiger partial charge in [0.15, 0.2) is 0 Å². The molecule has 1 atom stereocenters. The fraction of sp³-hybridized carbons (Fsp3) is 0.571. The molecule has 1 unspecified atom stereocenters. The lowest BCUT2D eigenvalue weighted by Crippen LogP contribution is -2.42. The minimum absolute atomic E-state index is 0.162. The maximum Gasteiger partial charge on any atom is 0.148 e. The summed E-state index contributed by atoms with van der Waals surface area (Å²) in [6.07, 6.45) is 3.38. The van der Waals surface area contributed by atoms with E-state index in [1.54, 1.807) is 20.2 Å². The lowest BCUT2D eigenvalue weighted by molar-refractivity contribution is 0.166. The van der Waals surface area contributed by atoms with Crippen molar-refractivity contribution in [2.24, 2.45) is 0 Å². The van der Waals surface area contributed by atoms with Gasteiger partial charge in [-0.3, -0.25) is 0 Å². The molecule has 18 heavy (non-hydrogen) atoms. The molecule has 0 spiro atoms. The van der Waals surface area contributed by atoms with Crippen LogP contribution in [0.25, 0.3) is 0 Å². The molecule has 1 saturated heterocycles. The van der Waals surface area contributed by atoms with E-state index in [2.05, 4.69) is 10.2 Å². The van der Waals surface area contributed by atoms with E-state index in [1.165, 1.54) is 6.42 Å². The first-order valence-electron chi connectivity index (χ1n) is 6.49. The standard InChI is InChI=1S/C14H21FN2O/c1-16-11-6-7-14(13(15)9-11)17-8-4-3-5-12(17)10-18-2/h6-7,9,12,16H,3-5,8,10H2,1-2H3. The second-order valence-corrected chi connectivity index (χ2v) is 4.71. The summed E-state index contributed by atoms with van der Waals surface area (Å²) < 4.78 is 19.4. The number of nitrogens with one attached hydrogen (secondary N) is 1. The number of anilines is 2. The Morgan fingerprint density at radius 3 is 2.94 bits per heavy atom. The van der Waals surface area contributed by atoms with Crippen molar-refractivity contribution in [3.8, 4) is 0 Å². The zero-order valence-electron chi connectivity index (χ0n) is 11.1. The Morgan fingerprint density at radius 2 is 2.28 bits per heavy atom. The van der Waals surface area contributed by atoms with Crippen LogP contribution in [0.5, 0.6) is 0 Å². The van der Waals surface area contributed by atoms with Gasteiger partial charge in [-0.1, -0.05) is 0 Å². The Bertz CT molecular complexity index is 395. The number of benzene rings is 1. The SMILES string of the molecule is CNc1ccc(N2CCCCC2COC)c(F)c1. The molecule has 0 aliphatic carbocycles. The van der Waals surface area contributed by atoms with Crippen LogP contribution in [0, 0.1) is 5.82 Å². The predicted octanol–water partition coefficient (Wildman–Crippen LogP) is 2.87. The average Bonchev–Trinajstić information content (AvgIpc) is 2.40. The number of rotatable bonds is 4. The number of hydrogen-bond acceptors (Lipinski definition) is 3. The van der Waals surface area contributed by atoms with Gasteiger partial charge in [0.05, 0.1) is 18.3 Å². The van der Waals surface area contributed by atoms with Gasteiger partial charge < -0.3 is 15.0 Å². The third-order valence-corrected chi connectivity index (χ3v) is 3.53. The van der Waals surface area contributed by atoms with E-state index in [0.717, 1.165) is 25.1 Å². The summed E-state index contributed by atoms with van der Waals surface area (Å²) in [5.74, 6) is -0.162. The number of nitrogens with zero attached hydrogens (tertiary/aromatic N) is 1. The van der Waals surface area contributed by atoms with Crippen molar-refractivity contribution in [1.82, 2.24) is 0 Å². The van der Waals surface area contributed by atoms with Crippen molar-refractivity contribution < 1.29 is 9.13 Å². The highest BCUT2D eigenvalue weighted by Crippen LogP contribution is 2.29. The molecule has 1 N–H and O–H groups in total. The van der Waals surface area contributed by atoms with Gasteiger partial charge in [-0.15, -0.1) is 0 Å². The van der Waals surface area contributed by atoms with Crippen molar-refractivity contribution in [2.45, 2.75) is 25.3 Å². The van der Waals surface area contributed by atoms with Crippen molar-refractivity contribution >= 4 is 11.4 Å². The summed E-state index contributed by atoms with van der Waals surface area (Å²) in [7, 11) is 3.50. The molecule has 1 aliphatic rings. The number of hydrogen-bond donors (Lipinski definition) is 1. The van der Waals surface area contributed by atoms with Crippen LogP contribution in [0.2, 0.25) is 0 Å². The van der Waals surface area contributed by atoms with Gasteiger partial charge >= 0.3 is 0 Å². The van der Waals surface area contributed by atoms with Gasteiger partial charge in [0.2, 0.25) is 0 Å². The lowest BCUT2D eigenvalue weighted by atomic mass is 10.0. The third-order valence-electron chi connectivity index (χ3n) is 3.53. The van der Waals surface area contributed by atoms with Crippen molar-refractivity contribution in [3.05, 3.63) is 24.0 Å². The predicted molar refractivity (Wildman–Crippen MR) is 72.8 cm³/mol. The fourth-order valence-corrected chi connectivity index (χ4v) is 2.58. The smallest absolute Gasteiger partial charge is 0.148 e. The molecule has 2 rings (SSSR count). The van der Waals surface area contributed by atoms with Crippen LogP contribution in [0.15, 0.2) is 18.2 Å². The molecule has 0 bridgehead atoms. The average molecular weight is 252 g/mol. The van der Waals surface area contributed by atoms with E-state index in [4.69, 9.17) is 4.74 Å². The molecule has 1 aliphatic heterocycles. The number of piperidine rings is 1. The van der Waals surface area contributed by atoms with Crippen LogP contribution in [0.4, 0.5) is 15.8 Å². The molecule has 3 nitrogen and oxygen atoms in total. The molecule has 1 heterocycles. The molecule has 4 heteroatoms. The number of methoxy groups -OCH3 is 1. The molecule has 1 aromatic rings. The van der Waals surface area contributed by atoms with Crippen LogP contribution < -0.4 is 10.2 Å². The molecule has 0 amide bonds. The Balaban J connectivity index is 2.22. The summed E-state index contributed by atoms with van der Waals surface area (Å²) in [4.78, 5) is 2.14. The van der Waals surface area contributed by atoms with Crippen molar-refractivity contribution in [2.75, 3.05) is 37.5 Å². The summed E-state index contributed by atoms with van der Waals surface area (Å²) in [6.45, 7) is 1.57. The van der Waals surface area contributed by atoms with E-state index in [0.29, 0.717) is 18.3 Å². The topological polar surface area (TPSA) is 24.5 Å². The second-order valence-electron chi connectivity index (χ2n) is 4.71. The van der Waals surface area contributed by atoms with Crippen LogP contribution in [-0.4, -0.2) is 33.4 Å². The maximum absolute atomic E-state index is 14.1. The van der Waals surface area contributed by atoms with Crippen molar-refractivity contribution in [3.63, 3.8) is 0 Å². The highest BCUT2D eigenvalue weighted by Gasteiger charge is 2.24.